The highest BCUT2D eigenvalue weighted by atomic mass is 79.9. The van der Waals surface area contributed by atoms with E-state index in [1.54, 1.807) is 48.5 Å². The summed E-state index contributed by atoms with van der Waals surface area (Å²) in [6.07, 6.45) is 0. The molecule has 0 aliphatic carbocycles. The van der Waals surface area contributed by atoms with Gasteiger partial charge in [0.1, 0.15) is 11.3 Å². The number of carbonyl (C=O) groups excluding carboxylic acids is 1. The van der Waals surface area contributed by atoms with Crippen LogP contribution in [0.15, 0.2) is 68.3 Å². The van der Waals surface area contributed by atoms with Crippen molar-refractivity contribution in [2.45, 2.75) is 0 Å². The SMILES string of the molecule is O=C(Oc1cc(=O)oc2ccccc12)c1ccccc1Br. The molecule has 0 saturated carbocycles. The summed E-state index contributed by atoms with van der Waals surface area (Å²) in [6, 6.07) is 15.0. The van der Waals surface area contributed by atoms with Crippen LogP contribution in [0.4, 0.5) is 0 Å². The molecule has 1 heterocycles. The van der Waals surface area contributed by atoms with Gasteiger partial charge >= 0.3 is 11.6 Å². The summed E-state index contributed by atoms with van der Waals surface area (Å²) >= 11 is 3.29. The van der Waals surface area contributed by atoms with Gasteiger partial charge in [-0.05, 0) is 40.2 Å². The lowest BCUT2D eigenvalue weighted by atomic mass is 10.2. The van der Waals surface area contributed by atoms with Crippen molar-refractivity contribution in [3.05, 3.63) is 75.1 Å². The molecule has 2 aromatic carbocycles. The van der Waals surface area contributed by atoms with Crippen molar-refractivity contribution in [3.8, 4) is 5.75 Å². The van der Waals surface area contributed by atoms with Gasteiger partial charge in [-0.1, -0.05) is 24.3 Å². The van der Waals surface area contributed by atoms with Gasteiger partial charge in [0.05, 0.1) is 17.0 Å². The first-order valence-electron chi connectivity index (χ1n) is 6.15. The average Bonchev–Trinajstić information content (AvgIpc) is 2.47. The molecule has 21 heavy (non-hydrogen) atoms. The molecule has 104 valence electrons. The molecule has 0 fully saturated rings. The van der Waals surface area contributed by atoms with Crippen LogP contribution in [-0.2, 0) is 0 Å². The van der Waals surface area contributed by atoms with Gasteiger partial charge in [-0.25, -0.2) is 9.59 Å². The summed E-state index contributed by atoms with van der Waals surface area (Å²) in [7, 11) is 0. The Morgan fingerprint density at radius 3 is 2.57 bits per heavy atom. The fraction of sp³-hybridized carbons (Fsp3) is 0. The number of rotatable bonds is 2. The second-order valence-electron chi connectivity index (χ2n) is 4.30. The number of hydrogen-bond acceptors (Lipinski definition) is 4. The Labute approximate surface area is 128 Å². The van der Waals surface area contributed by atoms with Crippen LogP contribution in [0.2, 0.25) is 0 Å². The zero-order valence-corrected chi connectivity index (χ0v) is 12.3. The second kappa shape index (κ2) is 5.54. The molecule has 5 heteroatoms. The number of hydrogen-bond donors (Lipinski definition) is 0. The summed E-state index contributed by atoms with van der Waals surface area (Å²) in [6.45, 7) is 0. The van der Waals surface area contributed by atoms with Gasteiger partial charge in [0.2, 0.25) is 0 Å². The first kappa shape index (κ1) is 13.6. The zero-order chi connectivity index (χ0) is 14.8. The average molecular weight is 345 g/mol. The van der Waals surface area contributed by atoms with Crippen molar-refractivity contribution in [3.63, 3.8) is 0 Å². The maximum absolute atomic E-state index is 12.2. The van der Waals surface area contributed by atoms with Crippen LogP contribution >= 0.6 is 15.9 Å². The lowest BCUT2D eigenvalue weighted by Crippen LogP contribution is -2.11. The molecule has 3 rings (SSSR count). The molecular weight excluding hydrogens is 336 g/mol. The van der Waals surface area contributed by atoms with Crippen LogP contribution in [0.25, 0.3) is 11.0 Å². The Hall–Kier alpha value is -2.40. The highest BCUT2D eigenvalue weighted by molar-refractivity contribution is 9.10. The van der Waals surface area contributed by atoms with E-state index < -0.39 is 11.6 Å². The zero-order valence-electron chi connectivity index (χ0n) is 10.7. The van der Waals surface area contributed by atoms with Crippen LogP contribution in [-0.4, -0.2) is 5.97 Å². The molecule has 0 saturated heterocycles. The van der Waals surface area contributed by atoms with Gasteiger partial charge in [-0.3, -0.25) is 0 Å². The molecule has 0 aliphatic rings. The summed E-state index contributed by atoms with van der Waals surface area (Å²) in [5.41, 5.74) is 0.193. The van der Waals surface area contributed by atoms with E-state index >= 15 is 0 Å². The highest BCUT2D eigenvalue weighted by Gasteiger charge is 2.14. The third-order valence-electron chi connectivity index (χ3n) is 2.91. The van der Waals surface area contributed by atoms with Gasteiger partial charge in [0.15, 0.2) is 0 Å². The molecule has 0 bridgehead atoms. The molecular formula is C16H9BrO4. The monoisotopic (exact) mass is 344 g/mol. The van der Waals surface area contributed by atoms with Crippen LogP contribution in [0.5, 0.6) is 5.75 Å². The Kier molecular flexibility index (Phi) is 3.58. The molecule has 1 aromatic heterocycles. The van der Waals surface area contributed by atoms with E-state index in [4.69, 9.17) is 9.15 Å². The van der Waals surface area contributed by atoms with Gasteiger partial charge in [-0.2, -0.15) is 0 Å². The minimum absolute atomic E-state index is 0.183. The minimum atomic E-state index is -0.566. The Balaban J connectivity index is 2.04. The van der Waals surface area contributed by atoms with E-state index in [0.717, 1.165) is 6.07 Å². The maximum atomic E-state index is 12.2. The summed E-state index contributed by atoms with van der Waals surface area (Å²) in [5, 5.41) is 0.567. The van der Waals surface area contributed by atoms with Gasteiger partial charge in [-0.15, -0.1) is 0 Å². The van der Waals surface area contributed by atoms with E-state index in [9.17, 15) is 9.59 Å². The standard InChI is InChI=1S/C16H9BrO4/c17-12-7-3-1-5-10(12)16(19)21-14-9-15(18)20-13-8-4-2-6-11(13)14/h1-9H. The first-order valence-corrected chi connectivity index (χ1v) is 6.94. The molecule has 0 unspecified atom stereocenters. The number of ether oxygens (including phenoxy) is 1. The summed E-state index contributed by atoms with van der Waals surface area (Å²) in [5.74, 6) is -0.360. The van der Waals surface area contributed by atoms with E-state index in [1.807, 2.05) is 0 Å². The number of benzene rings is 2. The largest absolute Gasteiger partial charge is 0.422 e. The number of carbonyl (C=O) groups is 1. The van der Waals surface area contributed by atoms with Crippen LogP contribution < -0.4 is 10.4 Å². The van der Waals surface area contributed by atoms with Crippen molar-refractivity contribution in [1.82, 2.24) is 0 Å². The third-order valence-corrected chi connectivity index (χ3v) is 3.60. The Bertz CT molecular complexity index is 883. The number of para-hydroxylation sites is 1. The predicted molar refractivity (Wildman–Crippen MR) is 81.6 cm³/mol. The quantitative estimate of drug-likeness (QED) is 0.524. The maximum Gasteiger partial charge on any atom is 0.344 e. The molecule has 0 spiro atoms. The molecule has 4 nitrogen and oxygen atoms in total. The third kappa shape index (κ3) is 2.73. The van der Waals surface area contributed by atoms with Gasteiger partial charge in [0, 0.05) is 4.47 Å². The predicted octanol–water partition coefficient (Wildman–Crippen LogP) is 3.77. The fourth-order valence-electron chi connectivity index (χ4n) is 1.95. The number of esters is 1. The van der Waals surface area contributed by atoms with E-state index in [1.165, 1.54) is 0 Å². The van der Waals surface area contributed by atoms with Crippen molar-refractivity contribution < 1.29 is 13.9 Å². The van der Waals surface area contributed by atoms with Gasteiger partial charge < -0.3 is 9.15 Å². The Morgan fingerprint density at radius 2 is 1.76 bits per heavy atom. The lowest BCUT2D eigenvalue weighted by Gasteiger charge is -2.07. The second-order valence-corrected chi connectivity index (χ2v) is 5.15. The van der Waals surface area contributed by atoms with E-state index in [0.29, 0.717) is 21.0 Å². The van der Waals surface area contributed by atoms with Crippen molar-refractivity contribution in [2.24, 2.45) is 0 Å². The number of fused-ring (bicyclic) bond motifs is 1. The smallest absolute Gasteiger partial charge is 0.344 e. The van der Waals surface area contributed by atoms with Crippen LogP contribution in [0.3, 0.4) is 0 Å². The fourth-order valence-corrected chi connectivity index (χ4v) is 2.39. The normalized spacial score (nSPS) is 10.5. The molecule has 0 N–H and O–H groups in total. The van der Waals surface area contributed by atoms with Gasteiger partial charge in [0.25, 0.3) is 0 Å². The van der Waals surface area contributed by atoms with Crippen molar-refractivity contribution in [1.29, 1.82) is 0 Å². The van der Waals surface area contributed by atoms with Crippen LogP contribution in [0.1, 0.15) is 10.4 Å². The molecule has 0 amide bonds. The molecule has 0 atom stereocenters. The van der Waals surface area contributed by atoms with E-state index in [2.05, 4.69) is 15.9 Å². The summed E-state index contributed by atoms with van der Waals surface area (Å²) in [4.78, 5) is 23.7. The lowest BCUT2D eigenvalue weighted by molar-refractivity contribution is 0.0735. The minimum Gasteiger partial charge on any atom is -0.422 e. The van der Waals surface area contributed by atoms with E-state index in [-0.39, 0.29) is 5.75 Å². The van der Waals surface area contributed by atoms with Crippen molar-refractivity contribution >= 4 is 32.9 Å². The van der Waals surface area contributed by atoms with Crippen LogP contribution in [0, 0.1) is 0 Å². The topological polar surface area (TPSA) is 56.5 Å². The van der Waals surface area contributed by atoms with Crippen molar-refractivity contribution in [2.75, 3.05) is 0 Å². The Morgan fingerprint density at radius 1 is 1.05 bits per heavy atom. The summed E-state index contributed by atoms with van der Waals surface area (Å²) < 4.78 is 11.0. The molecule has 0 aliphatic heterocycles. The number of halogens is 1. The molecule has 3 aromatic rings. The first-order chi connectivity index (χ1) is 10.1. The molecule has 0 radical (unpaired) electrons. The highest BCUT2D eigenvalue weighted by Crippen LogP contribution is 2.25.